The number of aryl methyl sites for hydroxylation is 1. The summed E-state index contributed by atoms with van der Waals surface area (Å²) >= 11 is 0. The number of pyridine rings is 1. The van der Waals surface area contributed by atoms with Crippen LogP contribution in [0.25, 0.3) is 5.69 Å². The van der Waals surface area contributed by atoms with Crippen molar-refractivity contribution in [3.63, 3.8) is 0 Å². The van der Waals surface area contributed by atoms with E-state index in [1.807, 2.05) is 0 Å². The molecule has 2 heterocycles. The lowest BCUT2D eigenvalue weighted by atomic mass is 10.3. The van der Waals surface area contributed by atoms with E-state index in [2.05, 4.69) is 10.1 Å². The van der Waals surface area contributed by atoms with Gasteiger partial charge >= 0.3 is 6.18 Å². The van der Waals surface area contributed by atoms with Crippen LogP contribution in [-0.2, 0) is 6.18 Å². The van der Waals surface area contributed by atoms with Crippen LogP contribution >= 0.6 is 0 Å². The van der Waals surface area contributed by atoms with Crippen molar-refractivity contribution in [1.29, 1.82) is 0 Å². The van der Waals surface area contributed by atoms with E-state index >= 15 is 0 Å². The number of nitrogens with zero attached hydrogens (tertiary/aromatic N) is 3. The molecular formula is C10H8F3N3. The van der Waals surface area contributed by atoms with Crippen molar-refractivity contribution >= 4 is 0 Å². The molecule has 0 unspecified atom stereocenters. The Morgan fingerprint density at radius 2 is 2.00 bits per heavy atom. The predicted octanol–water partition coefficient (Wildman–Crippen LogP) is 2.59. The lowest BCUT2D eigenvalue weighted by molar-refractivity contribution is -0.141. The minimum atomic E-state index is -4.43. The molecule has 6 heteroatoms. The first-order chi connectivity index (χ1) is 7.47. The van der Waals surface area contributed by atoms with Gasteiger partial charge in [-0.1, -0.05) is 0 Å². The molecule has 0 spiro atoms. The van der Waals surface area contributed by atoms with E-state index < -0.39 is 11.9 Å². The van der Waals surface area contributed by atoms with Gasteiger partial charge in [0.2, 0.25) is 0 Å². The maximum atomic E-state index is 12.4. The van der Waals surface area contributed by atoms with Gasteiger partial charge in [-0.25, -0.2) is 4.68 Å². The Hall–Kier alpha value is -1.85. The standard InChI is InChI=1S/C10H8F3N3/c1-7-3-5-16(15-7)8-2-4-14-9(6-8)10(11,12)13/h2-6H,1H3. The molecule has 0 radical (unpaired) electrons. The molecule has 16 heavy (non-hydrogen) atoms. The summed E-state index contributed by atoms with van der Waals surface area (Å²) < 4.78 is 38.6. The first-order valence-corrected chi connectivity index (χ1v) is 4.53. The van der Waals surface area contributed by atoms with Gasteiger partial charge in [0.05, 0.1) is 11.4 Å². The normalized spacial score (nSPS) is 11.8. The summed E-state index contributed by atoms with van der Waals surface area (Å²) in [6, 6.07) is 4.15. The largest absolute Gasteiger partial charge is 0.433 e. The summed E-state index contributed by atoms with van der Waals surface area (Å²) in [4.78, 5) is 3.28. The fraction of sp³-hybridized carbons (Fsp3) is 0.200. The fourth-order valence-electron chi connectivity index (χ4n) is 1.28. The topological polar surface area (TPSA) is 30.7 Å². The molecule has 0 aliphatic heterocycles. The first-order valence-electron chi connectivity index (χ1n) is 4.53. The summed E-state index contributed by atoms with van der Waals surface area (Å²) in [6.45, 7) is 1.77. The highest BCUT2D eigenvalue weighted by molar-refractivity contribution is 5.32. The van der Waals surface area contributed by atoms with E-state index in [0.29, 0.717) is 5.69 Å². The number of hydrogen-bond acceptors (Lipinski definition) is 2. The number of halogens is 3. The Bertz CT molecular complexity index is 502. The molecule has 0 atom stereocenters. The lowest BCUT2D eigenvalue weighted by Gasteiger charge is -2.07. The number of alkyl halides is 3. The van der Waals surface area contributed by atoms with Crippen molar-refractivity contribution in [2.24, 2.45) is 0 Å². The van der Waals surface area contributed by atoms with Gasteiger partial charge in [-0.05, 0) is 25.1 Å². The molecule has 0 amide bonds. The van der Waals surface area contributed by atoms with E-state index in [-0.39, 0.29) is 0 Å². The third-order valence-corrected chi connectivity index (χ3v) is 2.02. The smallest absolute Gasteiger partial charge is 0.252 e. The summed E-state index contributed by atoms with van der Waals surface area (Å²) in [5.74, 6) is 0. The van der Waals surface area contributed by atoms with Crippen molar-refractivity contribution in [1.82, 2.24) is 14.8 Å². The maximum Gasteiger partial charge on any atom is 0.433 e. The van der Waals surface area contributed by atoms with Crippen LogP contribution in [0.15, 0.2) is 30.6 Å². The quantitative estimate of drug-likeness (QED) is 0.749. The van der Waals surface area contributed by atoms with Crippen LogP contribution in [0, 0.1) is 6.92 Å². The van der Waals surface area contributed by atoms with Crippen LogP contribution in [0.4, 0.5) is 13.2 Å². The summed E-state index contributed by atoms with van der Waals surface area (Å²) in [5, 5.41) is 4.03. The third kappa shape index (κ3) is 2.05. The molecule has 0 aliphatic carbocycles. The maximum absolute atomic E-state index is 12.4. The highest BCUT2D eigenvalue weighted by atomic mass is 19.4. The summed E-state index contributed by atoms with van der Waals surface area (Å²) in [6.07, 6.45) is -1.71. The van der Waals surface area contributed by atoms with Crippen LogP contribution in [0.5, 0.6) is 0 Å². The average molecular weight is 227 g/mol. The van der Waals surface area contributed by atoms with E-state index in [9.17, 15) is 13.2 Å². The zero-order valence-corrected chi connectivity index (χ0v) is 8.36. The fourth-order valence-corrected chi connectivity index (χ4v) is 1.28. The van der Waals surface area contributed by atoms with Gasteiger partial charge in [0, 0.05) is 12.4 Å². The van der Waals surface area contributed by atoms with E-state index in [1.54, 1.807) is 19.2 Å². The minimum absolute atomic E-state index is 0.343. The van der Waals surface area contributed by atoms with E-state index in [1.165, 1.54) is 10.7 Å². The second-order valence-electron chi connectivity index (χ2n) is 3.30. The predicted molar refractivity (Wildman–Crippen MR) is 51.1 cm³/mol. The zero-order chi connectivity index (χ0) is 11.8. The van der Waals surface area contributed by atoms with Crippen LogP contribution in [0.1, 0.15) is 11.4 Å². The number of hydrogen-bond donors (Lipinski definition) is 0. The van der Waals surface area contributed by atoms with Gasteiger partial charge in [0.25, 0.3) is 0 Å². The lowest BCUT2D eigenvalue weighted by Crippen LogP contribution is -2.09. The molecule has 2 aromatic rings. The van der Waals surface area contributed by atoms with Gasteiger partial charge in [-0.3, -0.25) is 4.98 Å². The Balaban J connectivity index is 2.44. The van der Waals surface area contributed by atoms with Crippen molar-refractivity contribution in [2.75, 3.05) is 0 Å². The molecule has 3 nitrogen and oxygen atoms in total. The Kier molecular flexibility index (Phi) is 2.41. The van der Waals surface area contributed by atoms with E-state index in [0.717, 1.165) is 18.0 Å². The number of rotatable bonds is 1. The minimum Gasteiger partial charge on any atom is -0.252 e. The SMILES string of the molecule is Cc1ccn(-c2ccnc(C(F)(F)F)c2)n1. The molecule has 2 rings (SSSR count). The van der Waals surface area contributed by atoms with Gasteiger partial charge < -0.3 is 0 Å². The molecule has 0 fully saturated rings. The second kappa shape index (κ2) is 3.62. The van der Waals surface area contributed by atoms with Crippen LogP contribution in [-0.4, -0.2) is 14.8 Å². The summed E-state index contributed by atoms with van der Waals surface area (Å²) in [5.41, 5.74) is 0.166. The first kappa shape index (κ1) is 10.7. The monoisotopic (exact) mass is 227 g/mol. The van der Waals surface area contributed by atoms with Gasteiger partial charge in [-0.2, -0.15) is 18.3 Å². The molecule has 0 N–H and O–H groups in total. The van der Waals surface area contributed by atoms with Crippen molar-refractivity contribution in [3.05, 3.63) is 42.0 Å². The molecular weight excluding hydrogens is 219 g/mol. The third-order valence-electron chi connectivity index (χ3n) is 2.02. The second-order valence-corrected chi connectivity index (χ2v) is 3.30. The Labute approximate surface area is 89.5 Å². The molecule has 0 bridgehead atoms. The molecule has 84 valence electrons. The Morgan fingerprint density at radius 3 is 2.56 bits per heavy atom. The van der Waals surface area contributed by atoms with Crippen LogP contribution < -0.4 is 0 Å². The zero-order valence-electron chi connectivity index (χ0n) is 8.36. The highest BCUT2D eigenvalue weighted by Crippen LogP contribution is 2.28. The molecule has 0 aromatic carbocycles. The highest BCUT2D eigenvalue weighted by Gasteiger charge is 2.32. The van der Waals surface area contributed by atoms with E-state index in [4.69, 9.17) is 0 Å². The molecule has 0 saturated carbocycles. The molecule has 0 aliphatic rings. The van der Waals surface area contributed by atoms with Crippen molar-refractivity contribution < 1.29 is 13.2 Å². The van der Waals surface area contributed by atoms with Crippen molar-refractivity contribution in [3.8, 4) is 5.69 Å². The van der Waals surface area contributed by atoms with Gasteiger partial charge in [0.15, 0.2) is 0 Å². The molecule has 0 saturated heterocycles. The van der Waals surface area contributed by atoms with Crippen LogP contribution in [0.2, 0.25) is 0 Å². The van der Waals surface area contributed by atoms with Crippen LogP contribution in [0.3, 0.4) is 0 Å². The summed E-state index contributed by atoms with van der Waals surface area (Å²) in [7, 11) is 0. The Morgan fingerprint density at radius 1 is 1.25 bits per heavy atom. The van der Waals surface area contributed by atoms with Crippen molar-refractivity contribution in [2.45, 2.75) is 13.1 Å². The molecule has 2 aromatic heterocycles. The average Bonchev–Trinajstić information content (AvgIpc) is 2.64. The number of aromatic nitrogens is 3. The van der Waals surface area contributed by atoms with Gasteiger partial charge in [0.1, 0.15) is 5.69 Å². The van der Waals surface area contributed by atoms with Gasteiger partial charge in [-0.15, -0.1) is 0 Å².